The molecule has 0 radical (unpaired) electrons. The summed E-state index contributed by atoms with van der Waals surface area (Å²) in [6.07, 6.45) is -56.1. The first kappa shape index (κ1) is 52.8. The molecule has 6 aliphatic heterocycles. The van der Waals surface area contributed by atoms with Gasteiger partial charge < -0.3 is 139 Å². The van der Waals surface area contributed by atoms with Gasteiger partial charge in [0, 0.05) is 0 Å². The molecule has 0 amide bonds. The highest BCUT2D eigenvalue weighted by atomic mass is 16.8. The Bertz CT molecular complexity index is 1530. The van der Waals surface area contributed by atoms with Crippen molar-refractivity contribution >= 4 is 5.97 Å². The van der Waals surface area contributed by atoms with Crippen molar-refractivity contribution in [3.05, 3.63) is 0 Å². The lowest BCUT2D eigenvalue weighted by atomic mass is 9.95. The Labute approximate surface area is 367 Å². The summed E-state index contributed by atoms with van der Waals surface area (Å²) in [6, 6.07) is 0. The van der Waals surface area contributed by atoms with Crippen molar-refractivity contribution in [3.63, 3.8) is 0 Å². The van der Waals surface area contributed by atoms with E-state index in [4.69, 9.17) is 52.1 Å². The number of carboxylic acid groups (broad SMARTS) is 1. The van der Waals surface area contributed by atoms with E-state index in [1.54, 1.807) is 0 Å². The average molecular weight is 957 g/mol. The fourth-order valence-corrected chi connectivity index (χ4v) is 8.37. The standard InChI is InChI=1S/C36H60O29/c1-6-11(39)13(41)19(47)32(56-6)60-25-8(3)57-33(21(49)16(25)44)64-28-23(51)36(61-24-7(2)55-31(54)18(46)15(24)43)59-10(5-38)26(28)62-35-22(50)17(45)27(29(65-35)30(52)53)63-34-20(48)14(42)12(40)9(4-37)58-34/h6-29,31-51,54H,4-5H2,1-3H3,(H,52,53)/t6-,7-,8-,9+,10+,11-,12+,13+,14-,15-,16-,17+,18+,19+,20+,21-,22+,23+,24-,25-,26+,27-,28+,29-,31+,32-,33-,34-,35+,36-/m0/s1. The van der Waals surface area contributed by atoms with Crippen LogP contribution >= 0.6 is 0 Å². The molecule has 6 saturated heterocycles. The highest BCUT2D eigenvalue weighted by Gasteiger charge is 2.58. The first-order valence-corrected chi connectivity index (χ1v) is 20.7. The second-order valence-corrected chi connectivity index (χ2v) is 16.7. The zero-order chi connectivity index (χ0) is 48.1. The predicted molar refractivity (Wildman–Crippen MR) is 195 cm³/mol. The molecule has 65 heavy (non-hydrogen) atoms. The molecule has 0 bridgehead atoms. The summed E-state index contributed by atoms with van der Waals surface area (Å²) in [6.45, 7) is 2.00. The Balaban J connectivity index is 1.25. The fraction of sp³-hybridized carbons (Fsp3) is 0.972. The topological polar surface area (TPSA) is 463 Å². The number of aliphatic carboxylic acids is 1. The van der Waals surface area contributed by atoms with Crippen LogP contribution in [0.1, 0.15) is 20.8 Å². The maximum Gasteiger partial charge on any atom is 0.335 e. The van der Waals surface area contributed by atoms with Crippen LogP contribution in [0, 0.1) is 0 Å². The molecule has 29 heteroatoms. The third kappa shape index (κ3) is 10.6. The molecule has 0 aromatic rings. The molecule has 17 N–H and O–H groups in total. The summed E-state index contributed by atoms with van der Waals surface area (Å²) < 4.78 is 61.7. The Morgan fingerprint density at radius 3 is 1.31 bits per heavy atom. The van der Waals surface area contributed by atoms with Gasteiger partial charge in [0.15, 0.2) is 43.8 Å². The molecule has 30 atom stereocenters. The molecule has 0 saturated carbocycles. The lowest BCUT2D eigenvalue weighted by molar-refractivity contribution is -0.403. The summed E-state index contributed by atoms with van der Waals surface area (Å²) in [5, 5.41) is 180. The van der Waals surface area contributed by atoms with Crippen LogP contribution in [0.25, 0.3) is 0 Å². The average Bonchev–Trinajstić information content (AvgIpc) is 3.26. The maximum atomic E-state index is 12.5. The van der Waals surface area contributed by atoms with Crippen molar-refractivity contribution in [2.45, 2.75) is 205 Å². The lowest BCUT2D eigenvalue weighted by Crippen LogP contribution is -2.69. The molecular weight excluding hydrogens is 896 g/mol. The second kappa shape index (κ2) is 21.6. The number of hydrogen-bond donors (Lipinski definition) is 17. The van der Waals surface area contributed by atoms with Gasteiger partial charge in [-0.05, 0) is 20.8 Å². The van der Waals surface area contributed by atoms with Crippen LogP contribution in [-0.2, 0) is 56.9 Å². The van der Waals surface area contributed by atoms with Crippen molar-refractivity contribution in [1.29, 1.82) is 0 Å². The molecule has 0 aromatic heterocycles. The minimum absolute atomic E-state index is 0.907. The van der Waals surface area contributed by atoms with Crippen molar-refractivity contribution in [1.82, 2.24) is 0 Å². The van der Waals surface area contributed by atoms with Gasteiger partial charge in [0.2, 0.25) is 0 Å². The van der Waals surface area contributed by atoms with Gasteiger partial charge in [-0.25, -0.2) is 4.79 Å². The van der Waals surface area contributed by atoms with E-state index in [0.29, 0.717) is 0 Å². The highest BCUT2D eigenvalue weighted by Crippen LogP contribution is 2.37. The minimum Gasteiger partial charge on any atom is -0.479 e. The quantitative estimate of drug-likeness (QED) is 0.0815. The van der Waals surface area contributed by atoms with Gasteiger partial charge in [0.1, 0.15) is 122 Å². The van der Waals surface area contributed by atoms with Crippen LogP contribution in [0.2, 0.25) is 0 Å². The van der Waals surface area contributed by atoms with E-state index < -0.39 is 203 Å². The second-order valence-electron chi connectivity index (χ2n) is 16.7. The lowest BCUT2D eigenvalue weighted by Gasteiger charge is -2.50. The van der Waals surface area contributed by atoms with Crippen LogP contribution in [0.15, 0.2) is 0 Å². The fourth-order valence-electron chi connectivity index (χ4n) is 8.37. The van der Waals surface area contributed by atoms with Crippen LogP contribution in [0.5, 0.6) is 0 Å². The number of hydrogen-bond acceptors (Lipinski definition) is 28. The van der Waals surface area contributed by atoms with Gasteiger partial charge in [0.25, 0.3) is 0 Å². The van der Waals surface area contributed by atoms with Gasteiger partial charge in [-0.2, -0.15) is 0 Å². The Morgan fingerprint density at radius 2 is 0.754 bits per heavy atom. The Kier molecular flexibility index (Phi) is 17.5. The zero-order valence-electron chi connectivity index (χ0n) is 34.7. The maximum absolute atomic E-state index is 12.5. The molecule has 6 heterocycles. The first-order valence-electron chi connectivity index (χ1n) is 20.7. The van der Waals surface area contributed by atoms with E-state index in [9.17, 15) is 91.6 Å². The van der Waals surface area contributed by atoms with Crippen molar-refractivity contribution in [2.75, 3.05) is 13.2 Å². The molecule has 0 aromatic carbocycles. The number of aliphatic hydroxyl groups excluding tert-OH is 16. The molecule has 6 rings (SSSR count). The number of carbonyl (C=O) groups is 1. The summed E-state index contributed by atoms with van der Waals surface area (Å²) in [7, 11) is 0. The molecule has 0 unspecified atom stereocenters. The van der Waals surface area contributed by atoms with Crippen LogP contribution in [-0.4, -0.2) is 290 Å². The number of carboxylic acids is 1. The van der Waals surface area contributed by atoms with E-state index in [-0.39, 0.29) is 0 Å². The summed E-state index contributed by atoms with van der Waals surface area (Å²) in [5.74, 6) is -1.88. The molecular formula is C36H60O29. The molecule has 0 spiro atoms. The van der Waals surface area contributed by atoms with Crippen LogP contribution < -0.4 is 0 Å². The molecule has 0 aliphatic carbocycles. The summed E-state index contributed by atoms with van der Waals surface area (Å²) in [5.41, 5.74) is 0. The molecule has 378 valence electrons. The molecule has 6 fully saturated rings. The number of aliphatic hydroxyl groups is 16. The van der Waals surface area contributed by atoms with Crippen molar-refractivity contribution < 1.29 is 144 Å². The van der Waals surface area contributed by atoms with E-state index in [1.807, 2.05) is 0 Å². The monoisotopic (exact) mass is 956 g/mol. The van der Waals surface area contributed by atoms with Crippen LogP contribution in [0.3, 0.4) is 0 Å². The summed E-state index contributed by atoms with van der Waals surface area (Å²) >= 11 is 0. The van der Waals surface area contributed by atoms with E-state index in [0.717, 1.165) is 0 Å². The molecule has 29 nitrogen and oxygen atoms in total. The normalized spacial score (nSPS) is 54.6. The van der Waals surface area contributed by atoms with Gasteiger partial charge >= 0.3 is 5.97 Å². The SMILES string of the molecule is C[C@@H]1O[C@@H](O[C@@H]2[C@@H](O)[C@H](O)[C@H](O[C@@H]3[C@@H](O)[C@H](O[C@@H]4[C@@H](O)[C@@H](O)[C@H](O)O[C@H]4C)O[C@H](CO)[C@H]3O[C@@H]3O[C@H](C(=O)O)[C@@H](O[C@@H]4O[C@H](CO)[C@@H](O)[C@H](O)[C@H]4O)[C@H](O)[C@H]3O)O[C@H]2C)[C@H](O)[C@H](O)[C@H]1O. The van der Waals surface area contributed by atoms with Crippen molar-refractivity contribution in [3.8, 4) is 0 Å². The third-order valence-corrected chi connectivity index (χ3v) is 12.3. The van der Waals surface area contributed by atoms with Gasteiger partial charge in [-0.15, -0.1) is 0 Å². The van der Waals surface area contributed by atoms with Gasteiger partial charge in [0.05, 0.1) is 31.5 Å². The Morgan fingerprint density at radius 1 is 0.369 bits per heavy atom. The number of rotatable bonds is 13. The minimum atomic E-state index is -2.33. The van der Waals surface area contributed by atoms with Gasteiger partial charge in [-0.1, -0.05) is 0 Å². The number of ether oxygens (including phenoxy) is 11. The third-order valence-electron chi connectivity index (χ3n) is 12.3. The summed E-state index contributed by atoms with van der Waals surface area (Å²) in [4.78, 5) is 12.5. The first-order chi connectivity index (χ1) is 30.5. The highest BCUT2D eigenvalue weighted by molar-refractivity contribution is 5.73. The zero-order valence-corrected chi connectivity index (χ0v) is 34.7. The van der Waals surface area contributed by atoms with E-state index in [2.05, 4.69) is 0 Å². The van der Waals surface area contributed by atoms with E-state index >= 15 is 0 Å². The largest absolute Gasteiger partial charge is 0.479 e. The smallest absolute Gasteiger partial charge is 0.335 e. The van der Waals surface area contributed by atoms with E-state index in [1.165, 1.54) is 20.8 Å². The van der Waals surface area contributed by atoms with Gasteiger partial charge in [-0.3, -0.25) is 0 Å². The van der Waals surface area contributed by atoms with Crippen LogP contribution in [0.4, 0.5) is 0 Å². The molecule has 6 aliphatic rings. The van der Waals surface area contributed by atoms with Crippen molar-refractivity contribution in [2.24, 2.45) is 0 Å². The Hall–Kier alpha value is -1.61. The predicted octanol–water partition coefficient (Wildman–Crippen LogP) is -10.9.